The number of rotatable bonds is 2. The largest absolute Gasteiger partial charge is 0.481 e. The Hall–Kier alpha value is -3.45. The molecule has 2 aliphatic rings. The molecule has 1 aromatic carbocycles. The molecule has 3 aromatic rings. The second kappa shape index (κ2) is 8.35. The number of aromatic amines is 1. The molecule has 0 aliphatic carbocycles. The third kappa shape index (κ3) is 4.36. The van der Waals surface area contributed by atoms with Crippen molar-refractivity contribution in [3.05, 3.63) is 47.0 Å². The molecule has 0 spiro atoms. The first kappa shape index (κ1) is 20.8. The van der Waals surface area contributed by atoms with Gasteiger partial charge in [0.05, 0.1) is 12.2 Å². The molecule has 0 unspecified atom stereocenters. The van der Waals surface area contributed by atoms with Crippen molar-refractivity contribution >= 4 is 28.8 Å². The summed E-state index contributed by atoms with van der Waals surface area (Å²) in [5, 5.41) is 6.21. The number of halogens is 1. The van der Waals surface area contributed by atoms with Crippen molar-refractivity contribution in [3.8, 4) is 18.1 Å². The summed E-state index contributed by atoms with van der Waals surface area (Å²) >= 11 is 1.24. The zero-order valence-electron chi connectivity index (χ0n) is 17.1. The van der Waals surface area contributed by atoms with Crippen molar-refractivity contribution in [2.24, 2.45) is 10.4 Å². The summed E-state index contributed by atoms with van der Waals surface area (Å²) in [5.41, 5.74) is 0.678. The number of aromatic nitrogens is 4. The molecule has 1 N–H and O–H groups in total. The number of amides is 1. The lowest BCUT2D eigenvalue weighted by molar-refractivity contribution is -0.121. The van der Waals surface area contributed by atoms with E-state index in [0.29, 0.717) is 16.2 Å². The minimum atomic E-state index is -0.515. The second-order valence-corrected chi connectivity index (χ2v) is 8.66. The molecular weight excluding hydrogens is 419 g/mol. The summed E-state index contributed by atoms with van der Waals surface area (Å²) in [6, 6.07) is 4.59. The van der Waals surface area contributed by atoms with Gasteiger partial charge in [0, 0.05) is 43.0 Å². The van der Waals surface area contributed by atoms with Gasteiger partial charge in [0.15, 0.2) is 12.4 Å². The number of anilines is 1. The van der Waals surface area contributed by atoms with E-state index in [1.54, 1.807) is 12.4 Å². The van der Waals surface area contributed by atoms with Crippen molar-refractivity contribution < 1.29 is 13.9 Å². The lowest BCUT2D eigenvalue weighted by Gasteiger charge is -2.28. The van der Waals surface area contributed by atoms with Crippen LogP contribution in [0.25, 0.3) is 0 Å². The van der Waals surface area contributed by atoms with Crippen LogP contribution in [0.15, 0.2) is 35.6 Å². The van der Waals surface area contributed by atoms with Gasteiger partial charge in [-0.25, -0.2) is 9.38 Å². The first-order valence-electron chi connectivity index (χ1n) is 9.62. The van der Waals surface area contributed by atoms with E-state index in [9.17, 15) is 9.18 Å². The van der Waals surface area contributed by atoms with Crippen molar-refractivity contribution in [3.63, 3.8) is 0 Å². The Morgan fingerprint density at radius 1 is 1.45 bits per heavy atom. The quantitative estimate of drug-likeness (QED) is 0.621. The van der Waals surface area contributed by atoms with Crippen LogP contribution in [-0.4, -0.2) is 38.2 Å². The van der Waals surface area contributed by atoms with Gasteiger partial charge in [-0.05, 0) is 17.5 Å². The van der Waals surface area contributed by atoms with E-state index < -0.39 is 5.82 Å². The normalized spacial score (nSPS) is 16.6. The van der Waals surface area contributed by atoms with E-state index >= 15 is 0 Å². The maximum Gasteiger partial charge on any atom is 0.265 e. The number of carbonyl (C=O) groups is 1. The Morgan fingerprint density at radius 3 is 2.97 bits per heavy atom. The number of ether oxygens (including phenoxy) is 1. The molecule has 4 heterocycles. The van der Waals surface area contributed by atoms with Crippen molar-refractivity contribution in [2.75, 3.05) is 18.1 Å². The molecule has 0 fully saturated rings. The zero-order valence-corrected chi connectivity index (χ0v) is 17.9. The van der Waals surface area contributed by atoms with Crippen LogP contribution in [0, 0.1) is 23.6 Å². The summed E-state index contributed by atoms with van der Waals surface area (Å²) in [6.45, 7) is 5.05. The number of carbonyl (C=O) groups excluding carboxylic acids is 1. The van der Waals surface area contributed by atoms with Crippen molar-refractivity contribution in [1.82, 2.24) is 19.1 Å². The zero-order chi connectivity index (χ0) is 22.0. The molecule has 0 bridgehead atoms. The van der Waals surface area contributed by atoms with E-state index in [1.165, 1.54) is 28.6 Å². The van der Waals surface area contributed by atoms with Gasteiger partial charge in [-0.2, -0.15) is 9.47 Å². The fourth-order valence-electron chi connectivity index (χ4n) is 3.46. The third-order valence-electron chi connectivity index (χ3n) is 4.84. The Labute approximate surface area is 182 Å². The van der Waals surface area contributed by atoms with Crippen molar-refractivity contribution in [1.29, 1.82) is 0 Å². The van der Waals surface area contributed by atoms with Crippen LogP contribution in [-0.2, 0) is 17.8 Å². The molecule has 0 saturated carbocycles. The Morgan fingerprint density at radius 2 is 2.29 bits per heavy atom. The van der Waals surface area contributed by atoms with Crippen LogP contribution in [0.5, 0.6) is 5.75 Å². The minimum Gasteiger partial charge on any atom is -0.481 e. The number of hydrogen-bond donors (Lipinski definition) is 1. The summed E-state index contributed by atoms with van der Waals surface area (Å²) in [4.78, 5) is 18.6. The topological polar surface area (TPSA) is 88.4 Å². The van der Waals surface area contributed by atoms with Gasteiger partial charge in [-0.1, -0.05) is 19.8 Å². The highest BCUT2D eigenvalue weighted by atomic mass is 32.1. The van der Waals surface area contributed by atoms with Gasteiger partial charge in [-0.15, -0.1) is 6.42 Å². The number of nitrogens with zero attached hydrogens (tertiary/aromatic N) is 5. The minimum absolute atomic E-state index is 0.0964. The number of hydrogen-bond acceptors (Lipinski definition) is 6. The third-order valence-corrected chi connectivity index (χ3v) is 5.62. The van der Waals surface area contributed by atoms with Crippen LogP contribution in [0.4, 0.5) is 15.8 Å². The highest BCUT2D eigenvalue weighted by Crippen LogP contribution is 2.37. The predicted octanol–water partition coefficient (Wildman–Crippen LogP) is 2.67. The molecule has 31 heavy (non-hydrogen) atoms. The van der Waals surface area contributed by atoms with Crippen LogP contribution in [0.3, 0.4) is 0 Å². The van der Waals surface area contributed by atoms with Gasteiger partial charge >= 0.3 is 0 Å². The highest BCUT2D eigenvalue weighted by Gasteiger charge is 2.31. The summed E-state index contributed by atoms with van der Waals surface area (Å²) < 4.78 is 26.3. The monoisotopic (exact) mass is 440 g/mol. The molecule has 10 heteroatoms. The highest BCUT2D eigenvalue weighted by molar-refractivity contribution is 7.02. The second-order valence-electron chi connectivity index (χ2n) is 7.93. The average Bonchev–Trinajstić information content (AvgIpc) is 3.46. The lowest BCUT2D eigenvalue weighted by Crippen LogP contribution is -2.39. The molecule has 160 valence electrons. The SMILES string of the molecule is C#CCN1C(=O)COc2cc(F)c(N=c3snc4n3CC(C)(C)C4)cc21.c1cn[nH]c1. The van der Waals surface area contributed by atoms with Crippen molar-refractivity contribution in [2.45, 2.75) is 26.8 Å². The van der Waals surface area contributed by atoms with E-state index in [-0.39, 0.29) is 30.2 Å². The molecule has 8 nitrogen and oxygen atoms in total. The van der Waals surface area contributed by atoms with E-state index in [4.69, 9.17) is 11.2 Å². The number of fused-ring (bicyclic) bond motifs is 2. The molecule has 2 aromatic heterocycles. The van der Waals surface area contributed by atoms with Gasteiger partial charge in [0.25, 0.3) is 5.91 Å². The average molecular weight is 441 g/mol. The van der Waals surface area contributed by atoms with E-state index in [1.807, 2.05) is 10.6 Å². The maximum atomic E-state index is 14.5. The van der Waals surface area contributed by atoms with Gasteiger partial charge in [-0.3, -0.25) is 14.8 Å². The van der Waals surface area contributed by atoms with Crippen LogP contribution < -0.4 is 14.4 Å². The molecule has 5 rings (SSSR count). The Balaban J connectivity index is 0.000000407. The molecule has 0 radical (unpaired) electrons. The maximum absolute atomic E-state index is 14.5. The van der Waals surface area contributed by atoms with Crippen LogP contribution in [0.1, 0.15) is 19.7 Å². The van der Waals surface area contributed by atoms with Gasteiger partial charge < -0.3 is 9.30 Å². The molecule has 0 saturated heterocycles. The summed E-state index contributed by atoms with van der Waals surface area (Å²) in [7, 11) is 0. The molecule has 1 amide bonds. The Kier molecular flexibility index (Phi) is 5.61. The first-order valence-corrected chi connectivity index (χ1v) is 10.4. The van der Waals surface area contributed by atoms with E-state index in [2.05, 4.69) is 39.3 Å². The first-order chi connectivity index (χ1) is 14.9. The fraction of sp³-hybridized carbons (Fsp3) is 0.333. The number of nitrogens with one attached hydrogen (secondary N) is 1. The van der Waals surface area contributed by atoms with Crippen LogP contribution >= 0.6 is 11.5 Å². The van der Waals surface area contributed by atoms with Crippen LogP contribution in [0.2, 0.25) is 0 Å². The number of benzene rings is 1. The summed E-state index contributed by atoms with van der Waals surface area (Å²) in [6.07, 6.45) is 9.67. The predicted molar refractivity (Wildman–Crippen MR) is 114 cm³/mol. The smallest absolute Gasteiger partial charge is 0.265 e. The molecule has 0 atom stereocenters. The fourth-order valence-corrected chi connectivity index (χ4v) is 4.22. The Bertz CT molecular complexity index is 1190. The number of H-pyrrole nitrogens is 1. The van der Waals surface area contributed by atoms with Gasteiger partial charge in [0.1, 0.15) is 17.3 Å². The standard InChI is InChI=1S/C18H17FN4O2S.C3H4N2/c1-4-5-22-13-7-12(11(19)6-14(13)25-9-16(22)24)20-17-23-10-18(2,3)8-15(23)21-26-17;1-2-4-5-3-1/h1,6-7H,5,8-10H2,2-3H3;1-3H,(H,4,5). The molecular formula is C21H21FN6O2S. The summed E-state index contributed by atoms with van der Waals surface area (Å²) in [5.74, 6) is 2.92. The molecule has 2 aliphatic heterocycles. The number of terminal acetylenes is 1. The van der Waals surface area contributed by atoms with Gasteiger partial charge in [0.2, 0.25) is 4.80 Å². The van der Waals surface area contributed by atoms with E-state index in [0.717, 1.165) is 18.8 Å². The lowest BCUT2D eigenvalue weighted by atomic mass is 9.92.